The average Bonchev–Trinajstić information content (AvgIpc) is 3.28. The Morgan fingerprint density at radius 1 is 0.894 bits per heavy atom. The number of esters is 4. The SMILES string of the molecule is [B]N=N[C@@H](c1ccccc1)C(OC(=O)COc1ccc(C(C)=O)cc1)C(=O)O[C@H]1C[C@@]2(O)[C@@H](OC(=O)c3ccccc3)[C@@H]3[C@]4(OC(C)=O)CO[C@@H]4C[C@H](O)[C@@]3(C)C(=O)[C@H](O)C(=C1C)C2(C)C. The lowest BCUT2D eigenvalue weighted by Crippen LogP contribution is -2.81. The fourth-order valence-corrected chi connectivity index (χ4v) is 10.4. The Morgan fingerprint density at radius 3 is 2.11 bits per heavy atom. The Balaban J connectivity index is 1.32. The topological polar surface area (TPSA) is 243 Å². The minimum atomic E-state index is -2.41. The molecule has 0 spiro atoms. The molecule has 3 fully saturated rings. The first-order chi connectivity index (χ1) is 31.2. The van der Waals surface area contributed by atoms with Crippen molar-refractivity contribution in [3.05, 3.63) is 113 Å². The van der Waals surface area contributed by atoms with Crippen LogP contribution in [0.5, 0.6) is 5.75 Å². The molecule has 2 radical (unpaired) electrons. The number of fused-ring (bicyclic) bond motifs is 5. The molecule has 3 aromatic rings. The molecule has 17 nitrogen and oxygen atoms in total. The van der Waals surface area contributed by atoms with Crippen molar-refractivity contribution >= 4 is 43.4 Å². The zero-order chi connectivity index (χ0) is 47.9. The van der Waals surface area contributed by atoms with Gasteiger partial charge in [-0.15, -0.1) is 0 Å². The summed E-state index contributed by atoms with van der Waals surface area (Å²) in [4.78, 5) is 82.4. The van der Waals surface area contributed by atoms with E-state index in [0.717, 1.165) is 6.92 Å². The molecule has 3 aliphatic carbocycles. The van der Waals surface area contributed by atoms with E-state index in [2.05, 4.69) is 10.1 Å². The largest absolute Gasteiger partial charge is 0.482 e. The minimum absolute atomic E-state index is 0.0572. The average molecular weight is 907 g/mol. The monoisotopic (exact) mass is 906 g/mol. The molecule has 0 amide bonds. The van der Waals surface area contributed by atoms with Gasteiger partial charge in [0.15, 0.2) is 23.8 Å². The molecule has 2 saturated carbocycles. The van der Waals surface area contributed by atoms with Crippen LogP contribution in [-0.4, -0.2) is 120 Å². The lowest BCUT2D eigenvalue weighted by Gasteiger charge is -2.67. The van der Waals surface area contributed by atoms with Crippen LogP contribution in [0.4, 0.5) is 0 Å². The number of aliphatic hydroxyl groups is 3. The molecule has 7 rings (SSSR count). The highest BCUT2D eigenvalue weighted by molar-refractivity contribution is 6.04. The Kier molecular flexibility index (Phi) is 13.3. The van der Waals surface area contributed by atoms with Crippen molar-refractivity contribution in [3.8, 4) is 5.75 Å². The van der Waals surface area contributed by atoms with E-state index in [1.807, 2.05) is 0 Å². The van der Waals surface area contributed by atoms with Crippen molar-refractivity contribution in [1.82, 2.24) is 0 Å². The van der Waals surface area contributed by atoms with Crippen molar-refractivity contribution in [2.45, 2.75) is 108 Å². The standard InChI is InChI=1S/C48H51BN2O15/c1-25-32(63-44(59)39(37(50-51-49)29-13-9-7-10-14-29)64-35(55)23-61-31-19-17-28(18-20-31)26(2)52)22-48(60)42(65-43(58)30-15-11-8-12-16-30)40-46(6,41(57)38(56)36(25)45(48,4)5)33(54)21-34-47(40,24-62-34)66-27(3)53/h7-20,32-34,37-40,42,54,56,60H,21-24H2,1-6H3/t32-,33-,34+,37-,38+,39?,40-,42-,46+,47-,48+/m0/s1. The molecule has 11 atom stereocenters. The maximum atomic E-state index is 15.1. The maximum Gasteiger partial charge on any atom is 0.350 e. The van der Waals surface area contributed by atoms with E-state index in [1.165, 1.54) is 71.0 Å². The number of carbonyl (C=O) groups excluding carboxylic acids is 6. The summed E-state index contributed by atoms with van der Waals surface area (Å²) in [7, 11) is 5.53. The van der Waals surface area contributed by atoms with Gasteiger partial charge in [0, 0.05) is 30.7 Å². The number of carbonyl (C=O) groups is 6. The Morgan fingerprint density at radius 2 is 1.53 bits per heavy atom. The number of aliphatic hydroxyl groups excluding tert-OH is 2. The van der Waals surface area contributed by atoms with Crippen molar-refractivity contribution < 1.29 is 72.5 Å². The molecule has 3 aromatic carbocycles. The molecule has 18 heteroatoms. The van der Waals surface area contributed by atoms with E-state index in [0.29, 0.717) is 11.1 Å². The summed E-state index contributed by atoms with van der Waals surface area (Å²) in [6.07, 6.45) is -10.7. The van der Waals surface area contributed by atoms with Gasteiger partial charge in [0.05, 0.1) is 29.6 Å². The summed E-state index contributed by atoms with van der Waals surface area (Å²) in [6, 6.07) is 20.5. The van der Waals surface area contributed by atoms with Crippen LogP contribution in [0.25, 0.3) is 0 Å². The molecule has 66 heavy (non-hydrogen) atoms. The number of hydrogen-bond donors (Lipinski definition) is 3. The van der Waals surface area contributed by atoms with Gasteiger partial charge >= 0.3 is 23.9 Å². The highest BCUT2D eigenvalue weighted by atomic mass is 16.6. The lowest BCUT2D eigenvalue weighted by molar-refractivity contribution is -0.346. The van der Waals surface area contributed by atoms with Crippen LogP contribution >= 0.6 is 0 Å². The van der Waals surface area contributed by atoms with Gasteiger partial charge < -0.3 is 43.7 Å². The molecular weight excluding hydrogens is 855 g/mol. The fraction of sp³-hybridized carbons (Fsp3) is 0.458. The van der Waals surface area contributed by atoms with E-state index in [4.69, 9.17) is 36.4 Å². The zero-order valence-electron chi connectivity index (χ0n) is 37.2. The van der Waals surface area contributed by atoms with Gasteiger partial charge in [-0.3, -0.25) is 19.4 Å². The van der Waals surface area contributed by atoms with E-state index >= 15 is 4.79 Å². The molecule has 3 N–H and O–H groups in total. The van der Waals surface area contributed by atoms with Crippen LogP contribution in [0.15, 0.2) is 106 Å². The smallest absolute Gasteiger partial charge is 0.350 e. The number of nitrogens with zero attached hydrogens (tertiary/aromatic N) is 2. The minimum Gasteiger partial charge on any atom is -0.482 e. The van der Waals surface area contributed by atoms with Gasteiger partial charge in [-0.1, -0.05) is 62.4 Å². The third-order valence-corrected chi connectivity index (χ3v) is 13.9. The number of Topliss-reactive ketones (excluding diaryl/α,β-unsaturated/α-hetero) is 2. The van der Waals surface area contributed by atoms with Gasteiger partial charge in [0.25, 0.3) is 7.98 Å². The maximum absolute atomic E-state index is 15.1. The Labute approximate surface area is 381 Å². The quantitative estimate of drug-likeness (QED) is 0.0546. The molecule has 346 valence electrons. The van der Waals surface area contributed by atoms with E-state index in [-0.39, 0.29) is 41.3 Å². The summed E-state index contributed by atoms with van der Waals surface area (Å²) in [6.45, 7) is 7.44. The second kappa shape index (κ2) is 18.3. The predicted octanol–water partition coefficient (Wildman–Crippen LogP) is 4.10. The van der Waals surface area contributed by atoms with Crippen LogP contribution in [0.3, 0.4) is 0 Å². The third-order valence-electron chi connectivity index (χ3n) is 13.9. The first-order valence-electron chi connectivity index (χ1n) is 21.4. The second-order valence-corrected chi connectivity index (χ2v) is 18.0. The Bertz CT molecular complexity index is 2450. The van der Waals surface area contributed by atoms with Crippen LogP contribution in [0.2, 0.25) is 0 Å². The first kappa shape index (κ1) is 47.9. The van der Waals surface area contributed by atoms with Crippen molar-refractivity contribution in [2.75, 3.05) is 13.2 Å². The van der Waals surface area contributed by atoms with Gasteiger partial charge in [-0.25, -0.2) is 14.4 Å². The zero-order valence-corrected chi connectivity index (χ0v) is 37.2. The number of ketones is 2. The summed E-state index contributed by atoms with van der Waals surface area (Å²) in [5.74, 6) is -6.48. The predicted molar refractivity (Wildman–Crippen MR) is 231 cm³/mol. The molecule has 4 aliphatic rings. The summed E-state index contributed by atoms with van der Waals surface area (Å²) < 4.78 is 35.8. The molecule has 1 saturated heterocycles. The van der Waals surface area contributed by atoms with Crippen LogP contribution in [0.1, 0.15) is 86.7 Å². The summed E-state index contributed by atoms with van der Waals surface area (Å²) in [5, 5.41) is 45.3. The van der Waals surface area contributed by atoms with Gasteiger partial charge in [-0.2, -0.15) is 5.11 Å². The van der Waals surface area contributed by atoms with E-state index in [1.54, 1.807) is 48.5 Å². The number of hydrogen-bond acceptors (Lipinski definition) is 17. The Hall–Kier alpha value is -6.08. The van der Waals surface area contributed by atoms with Crippen LogP contribution < -0.4 is 4.74 Å². The molecular formula is C48H51BN2O15. The summed E-state index contributed by atoms with van der Waals surface area (Å²) in [5.41, 5.74) is -7.11. The molecule has 1 heterocycles. The number of benzene rings is 3. The number of ether oxygens (including phenoxy) is 6. The first-order valence-corrected chi connectivity index (χ1v) is 21.4. The molecule has 1 unspecified atom stereocenters. The second-order valence-electron chi connectivity index (χ2n) is 18.0. The van der Waals surface area contributed by atoms with E-state index in [9.17, 15) is 39.3 Å². The number of rotatable bonds is 13. The molecule has 0 aromatic heterocycles. The highest BCUT2D eigenvalue weighted by Crippen LogP contribution is 2.64. The van der Waals surface area contributed by atoms with Crippen LogP contribution in [0, 0.1) is 16.7 Å². The summed E-state index contributed by atoms with van der Waals surface area (Å²) >= 11 is 0. The van der Waals surface area contributed by atoms with E-state index < -0.39 is 113 Å². The van der Waals surface area contributed by atoms with Crippen molar-refractivity contribution in [2.24, 2.45) is 26.9 Å². The lowest BCUT2D eigenvalue weighted by atomic mass is 9.44. The molecule has 2 bridgehead atoms. The highest BCUT2D eigenvalue weighted by Gasteiger charge is 2.78. The van der Waals surface area contributed by atoms with Crippen molar-refractivity contribution in [1.29, 1.82) is 0 Å². The third kappa shape index (κ3) is 8.24. The van der Waals surface area contributed by atoms with Crippen molar-refractivity contribution in [3.63, 3.8) is 0 Å². The molecule has 1 aliphatic heterocycles. The van der Waals surface area contributed by atoms with Gasteiger partial charge in [-0.05, 0) is 73.9 Å². The van der Waals surface area contributed by atoms with Crippen LogP contribution in [-0.2, 0) is 42.9 Å². The normalized spacial score (nSPS) is 30.8. The van der Waals surface area contributed by atoms with Gasteiger partial charge in [0.2, 0.25) is 6.10 Å². The van der Waals surface area contributed by atoms with Gasteiger partial charge in [0.1, 0.15) is 41.8 Å². The fourth-order valence-electron chi connectivity index (χ4n) is 10.4.